The summed E-state index contributed by atoms with van der Waals surface area (Å²) >= 11 is 0. The molecule has 1 N–H and O–H groups in total. The van der Waals surface area contributed by atoms with Gasteiger partial charge in [-0.2, -0.15) is 9.78 Å². The Bertz CT molecular complexity index is 1570. The third kappa shape index (κ3) is 5.85. The molecule has 3 aromatic carbocycles. The number of nitrogens with zero attached hydrogens (tertiary/aromatic N) is 4. The van der Waals surface area contributed by atoms with Crippen molar-refractivity contribution in [3.05, 3.63) is 99.6 Å². The number of fused-ring (bicyclic) bond motifs is 1. The summed E-state index contributed by atoms with van der Waals surface area (Å²) in [5, 5.41) is 14.4. The van der Waals surface area contributed by atoms with E-state index >= 15 is 0 Å². The standard InChI is InChI=1S/C31H32N4O4/c1-34(2)25-17-16-24(28(18-25)39-20-21-12-14-23(15-13-21)31(37)38)19-32-35-29(22-8-4-3-5-9-22)33-27-11-7-6-10-26(27)30(35)36/h6-7,10-19,22H,3-5,8-9,20H2,1-2H3,(H,37,38). The van der Waals surface area contributed by atoms with Crippen molar-refractivity contribution in [2.75, 3.05) is 19.0 Å². The van der Waals surface area contributed by atoms with Crippen LogP contribution in [-0.2, 0) is 6.61 Å². The van der Waals surface area contributed by atoms with Crippen LogP contribution in [0, 0.1) is 0 Å². The van der Waals surface area contributed by atoms with Gasteiger partial charge in [-0.15, -0.1) is 0 Å². The van der Waals surface area contributed by atoms with Crippen LogP contribution in [0.2, 0.25) is 0 Å². The summed E-state index contributed by atoms with van der Waals surface area (Å²) in [5.41, 5.74) is 3.26. The molecule has 1 aliphatic carbocycles. The fourth-order valence-corrected chi connectivity index (χ4v) is 4.93. The number of carboxylic acids is 1. The number of anilines is 1. The first kappa shape index (κ1) is 26.2. The molecular formula is C31H32N4O4. The fourth-order valence-electron chi connectivity index (χ4n) is 4.93. The summed E-state index contributed by atoms with van der Waals surface area (Å²) in [6, 6.07) is 19.8. The number of aromatic carboxylic acids is 1. The maximum Gasteiger partial charge on any atom is 0.335 e. The molecular weight excluding hydrogens is 492 g/mol. The second-order valence-electron chi connectivity index (χ2n) is 10.1. The van der Waals surface area contributed by atoms with Gasteiger partial charge in [0.05, 0.1) is 22.7 Å². The minimum atomic E-state index is -0.967. The smallest absolute Gasteiger partial charge is 0.335 e. The second-order valence-corrected chi connectivity index (χ2v) is 10.1. The molecule has 1 heterocycles. The van der Waals surface area contributed by atoms with E-state index in [1.165, 1.54) is 11.1 Å². The van der Waals surface area contributed by atoms with E-state index in [1.54, 1.807) is 36.5 Å². The van der Waals surface area contributed by atoms with Crippen LogP contribution >= 0.6 is 0 Å². The van der Waals surface area contributed by atoms with E-state index in [9.17, 15) is 9.59 Å². The van der Waals surface area contributed by atoms with Crippen molar-refractivity contribution in [2.24, 2.45) is 5.10 Å². The van der Waals surface area contributed by atoms with Crippen molar-refractivity contribution < 1.29 is 14.6 Å². The Morgan fingerprint density at radius 2 is 1.82 bits per heavy atom. The van der Waals surface area contributed by atoms with Gasteiger partial charge in [0, 0.05) is 37.3 Å². The van der Waals surface area contributed by atoms with Crippen molar-refractivity contribution >= 4 is 28.8 Å². The lowest BCUT2D eigenvalue weighted by atomic mass is 9.88. The van der Waals surface area contributed by atoms with Gasteiger partial charge in [0.1, 0.15) is 18.2 Å². The van der Waals surface area contributed by atoms with Crippen LogP contribution in [0.25, 0.3) is 10.9 Å². The van der Waals surface area contributed by atoms with E-state index < -0.39 is 5.97 Å². The molecule has 200 valence electrons. The van der Waals surface area contributed by atoms with Crippen molar-refractivity contribution in [1.82, 2.24) is 9.66 Å². The van der Waals surface area contributed by atoms with Crippen molar-refractivity contribution in [3.8, 4) is 5.75 Å². The maximum atomic E-state index is 13.6. The summed E-state index contributed by atoms with van der Waals surface area (Å²) in [4.78, 5) is 31.6. The predicted octanol–water partition coefficient (Wildman–Crippen LogP) is 5.67. The SMILES string of the molecule is CN(C)c1ccc(C=Nn2c(C3CCCCC3)nc3ccccc3c2=O)c(OCc2ccc(C(=O)O)cc2)c1. The summed E-state index contributed by atoms with van der Waals surface area (Å²) in [6.45, 7) is 0.252. The van der Waals surface area contributed by atoms with Crippen LogP contribution in [-0.4, -0.2) is 41.0 Å². The van der Waals surface area contributed by atoms with Crippen LogP contribution in [0.15, 0.2) is 76.6 Å². The normalized spacial score (nSPS) is 14.1. The van der Waals surface area contributed by atoms with Gasteiger partial charge in [-0.25, -0.2) is 9.78 Å². The number of carbonyl (C=O) groups is 1. The molecule has 0 aliphatic heterocycles. The molecule has 1 saturated carbocycles. The van der Waals surface area contributed by atoms with E-state index in [-0.39, 0.29) is 23.6 Å². The molecule has 0 radical (unpaired) electrons. The minimum absolute atomic E-state index is 0.177. The molecule has 5 rings (SSSR count). The zero-order chi connectivity index (χ0) is 27.4. The van der Waals surface area contributed by atoms with Gasteiger partial charge in [0.15, 0.2) is 0 Å². The molecule has 4 aromatic rings. The highest BCUT2D eigenvalue weighted by Crippen LogP contribution is 2.32. The number of carboxylic acid groups (broad SMARTS) is 1. The number of aromatic nitrogens is 2. The summed E-state index contributed by atoms with van der Waals surface area (Å²) in [7, 11) is 3.91. The molecule has 0 amide bonds. The molecule has 0 saturated heterocycles. The summed E-state index contributed by atoms with van der Waals surface area (Å²) in [5.74, 6) is 0.535. The molecule has 0 atom stereocenters. The average Bonchev–Trinajstić information content (AvgIpc) is 2.96. The Labute approximate surface area is 227 Å². The summed E-state index contributed by atoms with van der Waals surface area (Å²) in [6.07, 6.45) is 7.09. The monoisotopic (exact) mass is 524 g/mol. The Morgan fingerprint density at radius 3 is 2.54 bits per heavy atom. The molecule has 1 fully saturated rings. The summed E-state index contributed by atoms with van der Waals surface area (Å²) < 4.78 is 7.65. The molecule has 0 bridgehead atoms. The molecule has 0 unspecified atom stereocenters. The van der Waals surface area contributed by atoms with Crippen molar-refractivity contribution in [2.45, 2.75) is 44.6 Å². The Hall–Kier alpha value is -4.46. The molecule has 0 spiro atoms. The van der Waals surface area contributed by atoms with Gasteiger partial charge < -0.3 is 14.7 Å². The first-order valence-electron chi connectivity index (χ1n) is 13.2. The third-order valence-corrected chi connectivity index (χ3v) is 7.17. The number of ether oxygens (including phenoxy) is 1. The first-order valence-corrected chi connectivity index (χ1v) is 13.2. The van der Waals surface area contributed by atoms with Crippen molar-refractivity contribution in [3.63, 3.8) is 0 Å². The molecule has 1 aromatic heterocycles. The van der Waals surface area contributed by atoms with Crippen LogP contribution in [0.4, 0.5) is 5.69 Å². The first-order chi connectivity index (χ1) is 18.9. The average molecular weight is 525 g/mol. The molecule has 8 heteroatoms. The molecule has 39 heavy (non-hydrogen) atoms. The Morgan fingerprint density at radius 1 is 1.08 bits per heavy atom. The Balaban J connectivity index is 1.50. The van der Waals surface area contributed by atoms with E-state index in [4.69, 9.17) is 14.8 Å². The molecule has 8 nitrogen and oxygen atoms in total. The van der Waals surface area contributed by atoms with Crippen LogP contribution in [0.5, 0.6) is 5.75 Å². The van der Waals surface area contributed by atoms with Gasteiger partial charge in [0.2, 0.25) is 0 Å². The highest BCUT2D eigenvalue weighted by atomic mass is 16.5. The van der Waals surface area contributed by atoms with Crippen LogP contribution < -0.4 is 15.2 Å². The molecule has 1 aliphatic rings. The lowest BCUT2D eigenvalue weighted by Crippen LogP contribution is -2.25. The number of rotatable bonds is 8. The van der Waals surface area contributed by atoms with E-state index in [0.717, 1.165) is 42.5 Å². The van der Waals surface area contributed by atoms with Gasteiger partial charge in [-0.05, 0) is 54.8 Å². The van der Waals surface area contributed by atoms with Crippen LogP contribution in [0.1, 0.15) is 65.3 Å². The maximum absolute atomic E-state index is 13.6. The Kier molecular flexibility index (Phi) is 7.72. The van der Waals surface area contributed by atoms with Gasteiger partial charge in [-0.1, -0.05) is 43.5 Å². The quantitative estimate of drug-likeness (QED) is 0.298. The van der Waals surface area contributed by atoms with Crippen LogP contribution in [0.3, 0.4) is 0 Å². The topological polar surface area (TPSA) is 97.0 Å². The van der Waals surface area contributed by atoms with E-state index in [0.29, 0.717) is 22.5 Å². The highest BCUT2D eigenvalue weighted by molar-refractivity contribution is 5.87. The van der Waals surface area contributed by atoms with E-state index in [1.807, 2.05) is 55.4 Å². The number of hydrogen-bond acceptors (Lipinski definition) is 6. The van der Waals surface area contributed by atoms with Gasteiger partial charge in [-0.3, -0.25) is 4.79 Å². The largest absolute Gasteiger partial charge is 0.488 e. The lowest BCUT2D eigenvalue weighted by Gasteiger charge is -2.22. The van der Waals surface area contributed by atoms with Gasteiger partial charge in [0.25, 0.3) is 5.56 Å². The number of benzene rings is 3. The predicted molar refractivity (Wildman–Crippen MR) is 153 cm³/mol. The second kappa shape index (κ2) is 11.5. The number of para-hydroxylation sites is 1. The minimum Gasteiger partial charge on any atom is -0.488 e. The zero-order valence-corrected chi connectivity index (χ0v) is 22.2. The van der Waals surface area contributed by atoms with Crippen molar-refractivity contribution in [1.29, 1.82) is 0 Å². The lowest BCUT2D eigenvalue weighted by molar-refractivity contribution is 0.0697. The zero-order valence-electron chi connectivity index (χ0n) is 22.2. The highest BCUT2D eigenvalue weighted by Gasteiger charge is 2.22. The number of hydrogen-bond donors (Lipinski definition) is 1. The fraction of sp³-hybridized carbons (Fsp3) is 0.290. The van der Waals surface area contributed by atoms with Gasteiger partial charge >= 0.3 is 5.97 Å². The third-order valence-electron chi connectivity index (χ3n) is 7.17. The van der Waals surface area contributed by atoms with E-state index in [2.05, 4.69) is 5.10 Å².